The molecule has 146 valence electrons. The monoisotopic (exact) mass is 398 g/mol. The summed E-state index contributed by atoms with van der Waals surface area (Å²) in [5.74, 6) is 2.18. The van der Waals surface area contributed by atoms with Crippen LogP contribution in [-0.4, -0.2) is 76.6 Å². The predicted octanol–water partition coefficient (Wildman–Crippen LogP) is 1.10. The predicted molar refractivity (Wildman–Crippen MR) is 107 cm³/mol. The molecule has 0 radical (unpaired) electrons. The SMILES string of the molecule is O=S1(=O)CCC(N2CCN(c3cc(-c4ccccc4)nc4ncnn34)CC2)C1. The molecule has 0 bridgehead atoms. The van der Waals surface area contributed by atoms with Gasteiger partial charge in [0.05, 0.1) is 17.2 Å². The summed E-state index contributed by atoms with van der Waals surface area (Å²) in [6.45, 7) is 3.34. The van der Waals surface area contributed by atoms with E-state index in [1.807, 2.05) is 30.3 Å². The zero-order chi connectivity index (χ0) is 19.1. The van der Waals surface area contributed by atoms with Crippen LogP contribution in [0.15, 0.2) is 42.7 Å². The molecular weight excluding hydrogens is 376 g/mol. The summed E-state index contributed by atoms with van der Waals surface area (Å²) in [5, 5.41) is 4.35. The molecule has 9 heteroatoms. The van der Waals surface area contributed by atoms with Gasteiger partial charge >= 0.3 is 0 Å². The molecule has 4 heterocycles. The first-order valence-corrected chi connectivity index (χ1v) is 11.4. The number of benzene rings is 1. The molecule has 2 fully saturated rings. The fourth-order valence-electron chi connectivity index (χ4n) is 4.16. The second kappa shape index (κ2) is 6.82. The molecule has 8 nitrogen and oxygen atoms in total. The highest BCUT2D eigenvalue weighted by atomic mass is 32.2. The molecule has 2 aliphatic rings. The Hall–Kier alpha value is -2.52. The molecule has 0 saturated carbocycles. The molecule has 1 aromatic carbocycles. The first-order chi connectivity index (χ1) is 13.6. The van der Waals surface area contributed by atoms with E-state index in [0.717, 1.165) is 49.7 Å². The van der Waals surface area contributed by atoms with E-state index >= 15 is 0 Å². The van der Waals surface area contributed by atoms with Crippen molar-refractivity contribution in [3.63, 3.8) is 0 Å². The fraction of sp³-hybridized carbons (Fsp3) is 0.421. The van der Waals surface area contributed by atoms with Gasteiger partial charge in [-0.15, -0.1) is 0 Å². The number of nitrogens with zero attached hydrogens (tertiary/aromatic N) is 6. The van der Waals surface area contributed by atoms with E-state index in [1.54, 1.807) is 4.52 Å². The number of hydrogen-bond acceptors (Lipinski definition) is 7. The minimum absolute atomic E-state index is 0.163. The number of rotatable bonds is 3. The molecule has 0 amide bonds. The van der Waals surface area contributed by atoms with Crippen LogP contribution in [0.2, 0.25) is 0 Å². The second-order valence-corrected chi connectivity index (χ2v) is 9.65. The smallest absolute Gasteiger partial charge is 0.254 e. The van der Waals surface area contributed by atoms with Gasteiger partial charge in [-0.1, -0.05) is 30.3 Å². The van der Waals surface area contributed by atoms with Crippen LogP contribution >= 0.6 is 0 Å². The summed E-state index contributed by atoms with van der Waals surface area (Å²) in [5.41, 5.74) is 1.92. The Bertz CT molecular complexity index is 1090. The molecule has 1 unspecified atom stereocenters. The van der Waals surface area contributed by atoms with Crippen molar-refractivity contribution in [2.45, 2.75) is 12.5 Å². The number of fused-ring (bicyclic) bond motifs is 1. The highest BCUT2D eigenvalue weighted by Gasteiger charge is 2.34. The van der Waals surface area contributed by atoms with Crippen LogP contribution < -0.4 is 4.90 Å². The third kappa shape index (κ3) is 3.24. The largest absolute Gasteiger partial charge is 0.354 e. The van der Waals surface area contributed by atoms with Crippen LogP contribution in [0.25, 0.3) is 17.0 Å². The maximum atomic E-state index is 11.8. The van der Waals surface area contributed by atoms with Gasteiger partial charge in [0, 0.05) is 43.9 Å². The van der Waals surface area contributed by atoms with Crippen LogP contribution in [0.4, 0.5) is 5.82 Å². The molecular formula is C19H22N6O2S. The van der Waals surface area contributed by atoms with Gasteiger partial charge in [-0.25, -0.2) is 13.4 Å². The zero-order valence-electron chi connectivity index (χ0n) is 15.5. The van der Waals surface area contributed by atoms with Crippen molar-refractivity contribution in [3.8, 4) is 11.3 Å². The molecule has 28 heavy (non-hydrogen) atoms. The van der Waals surface area contributed by atoms with Crippen LogP contribution in [0, 0.1) is 0 Å². The van der Waals surface area contributed by atoms with Gasteiger partial charge in [0.2, 0.25) is 0 Å². The van der Waals surface area contributed by atoms with Crippen molar-refractivity contribution >= 4 is 21.4 Å². The Morgan fingerprint density at radius 3 is 2.54 bits per heavy atom. The first-order valence-electron chi connectivity index (χ1n) is 9.55. The Balaban J connectivity index is 1.40. The second-order valence-electron chi connectivity index (χ2n) is 7.42. The molecule has 1 atom stereocenters. The summed E-state index contributed by atoms with van der Waals surface area (Å²) in [7, 11) is -2.85. The van der Waals surface area contributed by atoms with Gasteiger partial charge < -0.3 is 4.90 Å². The molecule has 2 saturated heterocycles. The number of aromatic nitrogens is 4. The zero-order valence-corrected chi connectivity index (χ0v) is 16.3. The lowest BCUT2D eigenvalue weighted by molar-refractivity contribution is 0.200. The number of hydrogen-bond donors (Lipinski definition) is 0. The average molecular weight is 398 g/mol. The lowest BCUT2D eigenvalue weighted by Crippen LogP contribution is -2.51. The summed E-state index contributed by atoms with van der Waals surface area (Å²) in [4.78, 5) is 13.5. The number of anilines is 1. The minimum atomic E-state index is -2.85. The van der Waals surface area contributed by atoms with Gasteiger partial charge in [-0.2, -0.15) is 14.6 Å². The molecule has 3 aromatic rings. The van der Waals surface area contributed by atoms with Crippen LogP contribution in [-0.2, 0) is 9.84 Å². The topological polar surface area (TPSA) is 83.7 Å². The third-order valence-corrected chi connectivity index (χ3v) is 7.42. The van der Waals surface area contributed by atoms with Crippen molar-refractivity contribution in [1.82, 2.24) is 24.5 Å². The summed E-state index contributed by atoms with van der Waals surface area (Å²) in [6, 6.07) is 12.3. The Morgan fingerprint density at radius 2 is 1.82 bits per heavy atom. The van der Waals surface area contributed by atoms with E-state index in [9.17, 15) is 8.42 Å². The average Bonchev–Trinajstić information content (AvgIpc) is 3.34. The lowest BCUT2D eigenvalue weighted by Gasteiger charge is -2.38. The molecule has 2 aliphatic heterocycles. The van der Waals surface area contributed by atoms with Crippen LogP contribution in [0.5, 0.6) is 0 Å². The highest BCUT2D eigenvalue weighted by molar-refractivity contribution is 7.91. The van der Waals surface area contributed by atoms with E-state index in [2.05, 4.69) is 30.9 Å². The maximum absolute atomic E-state index is 11.8. The summed E-state index contributed by atoms with van der Waals surface area (Å²) in [6.07, 6.45) is 2.28. The third-order valence-electron chi connectivity index (χ3n) is 5.67. The summed E-state index contributed by atoms with van der Waals surface area (Å²) >= 11 is 0. The van der Waals surface area contributed by atoms with Crippen molar-refractivity contribution < 1.29 is 8.42 Å². The molecule has 0 N–H and O–H groups in total. The lowest BCUT2D eigenvalue weighted by atomic mass is 10.1. The van der Waals surface area contributed by atoms with E-state index in [-0.39, 0.29) is 6.04 Å². The minimum Gasteiger partial charge on any atom is -0.354 e. The molecule has 0 spiro atoms. The van der Waals surface area contributed by atoms with Crippen molar-refractivity contribution in [3.05, 3.63) is 42.7 Å². The quantitative estimate of drug-likeness (QED) is 0.653. The van der Waals surface area contributed by atoms with Gasteiger partial charge in [0.25, 0.3) is 5.78 Å². The van der Waals surface area contributed by atoms with E-state index in [1.165, 1.54) is 6.33 Å². The number of piperazine rings is 1. The Labute approximate surface area is 163 Å². The van der Waals surface area contributed by atoms with E-state index < -0.39 is 9.84 Å². The normalized spacial score (nSPS) is 22.7. The van der Waals surface area contributed by atoms with E-state index in [0.29, 0.717) is 17.3 Å². The highest BCUT2D eigenvalue weighted by Crippen LogP contribution is 2.26. The first kappa shape index (κ1) is 17.6. The van der Waals surface area contributed by atoms with Gasteiger partial charge in [0.1, 0.15) is 12.1 Å². The van der Waals surface area contributed by atoms with Crippen molar-refractivity contribution in [2.24, 2.45) is 0 Å². The molecule has 2 aromatic heterocycles. The standard InChI is InChI=1S/C19H22N6O2S/c26-28(27)11-6-16(13-28)23-7-9-24(10-8-23)18-12-17(15-4-2-1-3-5-15)22-19-20-14-21-25(18)19/h1-5,12,14,16H,6-11,13H2. The molecule has 0 aliphatic carbocycles. The Morgan fingerprint density at radius 1 is 1.04 bits per heavy atom. The van der Waals surface area contributed by atoms with Gasteiger partial charge in [-0.3, -0.25) is 4.90 Å². The summed E-state index contributed by atoms with van der Waals surface area (Å²) < 4.78 is 25.4. The molecule has 5 rings (SSSR count). The van der Waals surface area contributed by atoms with Crippen LogP contribution in [0.1, 0.15) is 6.42 Å². The maximum Gasteiger partial charge on any atom is 0.254 e. The van der Waals surface area contributed by atoms with Crippen LogP contribution in [0.3, 0.4) is 0 Å². The van der Waals surface area contributed by atoms with Gasteiger partial charge in [-0.05, 0) is 6.42 Å². The Kier molecular flexibility index (Phi) is 4.28. The van der Waals surface area contributed by atoms with Gasteiger partial charge in [0.15, 0.2) is 9.84 Å². The van der Waals surface area contributed by atoms with Crippen molar-refractivity contribution in [1.29, 1.82) is 0 Å². The van der Waals surface area contributed by atoms with Crippen molar-refractivity contribution in [2.75, 3.05) is 42.6 Å². The van der Waals surface area contributed by atoms with E-state index in [4.69, 9.17) is 0 Å². The number of sulfone groups is 1. The fourth-order valence-corrected chi connectivity index (χ4v) is 5.92.